The van der Waals surface area contributed by atoms with Crippen LogP contribution in [0.15, 0.2) is 0 Å². The van der Waals surface area contributed by atoms with Crippen LogP contribution in [0, 0.1) is 11.3 Å². The van der Waals surface area contributed by atoms with E-state index in [0.717, 1.165) is 6.42 Å². The number of carbonyl (C=O) groups excluding carboxylic acids is 3. The highest BCUT2D eigenvalue weighted by atomic mass is 16.2. The summed E-state index contributed by atoms with van der Waals surface area (Å²) in [5.74, 6) is -0.0266. The number of amides is 3. The molecule has 29 heavy (non-hydrogen) atoms. The molecule has 2 atom stereocenters. The van der Waals surface area contributed by atoms with E-state index in [9.17, 15) is 14.4 Å². The number of primary amides is 1. The number of hydrogen-bond acceptors (Lipinski definition) is 4. The molecule has 7 nitrogen and oxygen atoms in total. The Labute approximate surface area is 177 Å². The maximum Gasteiger partial charge on any atom is 0.312 e. The Morgan fingerprint density at radius 1 is 0.966 bits per heavy atom. The Morgan fingerprint density at radius 2 is 1.52 bits per heavy atom. The standard InChI is InChI=1S/C22H44N4O3/c1-9-21(6,7)26-17(15(4)5)19(28)25-16(13-12-14-24-20(23)29)18(27)22(8,10-2)11-3/h15-17,26H,9-14H2,1-8H3,(H,25,28)(H3,23,24,29). The summed E-state index contributed by atoms with van der Waals surface area (Å²) < 4.78 is 0. The number of nitrogens with two attached hydrogens (primary N) is 1. The minimum Gasteiger partial charge on any atom is -0.352 e. The van der Waals surface area contributed by atoms with Gasteiger partial charge < -0.3 is 21.7 Å². The first-order chi connectivity index (χ1) is 13.3. The number of ketones is 1. The van der Waals surface area contributed by atoms with Crippen LogP contribution in [0.1, 0.15) is 87.5 Å². The van der Waals surface area contributed by atoms with E-state index in [1.807, 2.05) is 34.6 Å². The normalized spacial score (nSPS) is 14.4. The Bertz CT molecular complexity index is 542. The quantitative estimate of drug-likeness (QED) is 0.328. The molecular formula is C22H44N4O3. The third-order valence-electron chi connectivity index (χ3n) is 6.14. The van der Waals surface area contributed by atoms with Crippen molar-refractivity contribution < 1.29 is 14.4 Å². The summed E-state index contributed by atoms with van der Waals surface area (Å²) in [6, 6.07) is -1.57. The number of hydrogen-bond donors (Lipinski definition) is 4. The van der Waals surface area contributed by atoms with Gasteiger partial charge in [-0.25, -0.2) is 4.79 Å². The zero-order valence-electron chi connectivity index (χ0n) is 19.8. The molecule has 0 saturated heterocycles. The maximum atomic E-state index is 13.3. The zero-order chi connectivity index (χ0) is 22.8. The second-order valence-electron chi connectivity index (χ2n) is 9.23. The van der Waals surface area contributed by atoms with Gasteiger partial charge in [0.1, 0.15) is 0 Å². The van der Waals surface area contributed by atoms with Gasteiger partial charge in [0.15, 0.2) is 5.78 Å². The molecule has 3 amide bonds. The number of urea groups is 1. The minimum absolute atomic E-state index is 0.0483. The fourth-order valence-corrected chi connectivity index (χ4v) is 3.13. The van der Waals surface area contributed by atoms with Crippen molar-refractivity contribution in [2.75, 3.05) is 6.54 Å². The number of rotatable bonds is 14. The summed E-state index contributed by atoms with van der Waals surface area (Å²) in [4.78, 5) is 37.3. The third-order valence-corrected chi connectivity index (χ3v) is 6.14. The van der Waals surface area contributed by atoms with Gasteiger partial charge in [-0.1, -0.05) is 41.5 Å². The molecule has 0 aromatic carbocycles. The van der Waals surface area contributed by atoms with Crippen molar-refractivity contribution in [1.82, 2.24) is 16.0 Å². The van der Waals surface area contributed by atoms with E-state index in [4.69, 9.17) is 5.73 Å². The largest absolute Gasteiger partial charge is 0.352 e. The van der Waals surface area contributed by atoms with Gasteiger partial charge in [-0.2, -0.15) is 0 Å². The fourth-order valence-electron chi connectivity index (χ4n) is 3.13. The molecule has 0 aromatic heterocycles. The summed E-state index contributed by atoms with van der Waals surface area (Å²) in [6.07, 6.45) is 3.33. The molecule has 2 unspecified atom stereocenters. The Kier molecular flexibility index (Phi) is 11.5. The molecule has 0 aliphatic heterocycles. The van der Waals surface area contributed by atoms with Crippen molar-refractivity contribution in [1.29, 1.82) is 0 Å². The Hall–Kier alpha value is -1.63. The van der Waals surface area contributed by atoms with Crippen LogP contribution in [0.3, 0.4) is 0 Å². The lowest BCUT2D eigenvalue weighted by Crippen LogP contribution is -2.58. The average Bonchev–Trinajstić information content (AvgIpc) is 2.66. The smallest absolute Gasteiger partial charge is 0.312 e. The molecule has 0 aromatic rings. The van der Waals surface area contributed by atoms with E-state index >= 15 is 0 Å². The SMILES string of the molecule is CCC(C)(C)NC(C(=O)NC(CCCNC(N)=O)C(=O)C(C)(CC)CC)C(C)C. The van der Waals surface area contributed by atoms with Crippen molar-refractivity contribution >= 4 is 17.7 Å². The first-order valence-electron chi connectivity index (χ1n) is 11.0. The van der Waals surface area contributed by atoms with Crippen molar-refractivity contribution in [2.45, 2.75) is 105 Å². The summed E-state index contributed by atoms with van der Waals surface area (Å²) in [5, 5.41) is 8.99. The van der Waals surface area contributed by atoms with Gasteiger partial charge in [-0.05, 0) is 51.9 Å². The number of carbonyl (C=O) groups is 3. The second-order valence-corrected chi connectivity index (χ2v) is 9.23. The fraction of sp³-hybridized carbons (Fsp3) is 0.864. The molecule has 170 valence electrons. The molecule has 0 spiro atoms. The molecule has 0 heterocycles. The van der Waals surface area contributed by atoms with Gasteiger partial charge in [0.25, 0.3) is 0 Å². The monoisotopic (exact) mass is 412 g/mol. The number of nitrogens with one attached hydrogen (secondary N) is 3. The lowest BCUT2D eigenvalue weighted by atomic mass is 9.76. The highest BCUT2D eigenvalue weighted by molar-refractivity contribution is 5.94. The highest BCUT2D eigenvalue weighted by Gasteiger charge is 2.37. The van der Waals surface area contributed by atoms with Gasteiger partial charge in [0.05, 0.1) is 12.1 Å². The van der Waals surface area contributed by atoms with Crippen molar-refractivity contribution in [3.05, 3.63) is 0 Å². The van der Waals surface area contributed by atoms with Crippen LogP contribution in [-0.4, -0.2) is 41.9 Å². The van der Waals surface area contributed by atoms with Crippen LogP contribution in [0.5, 0.6) is 0 Å². The van der Waals surface area contributed by atoms with E-state index in [1.165, 1.54) is 0 Å². The summed E-state index contributed by atoms with van der Waals surface area (Å²) >= 11 is 0. The average molecular weight is 413 g/mol. The van der Waals surface area contributed by atoms with Gasteiger partial charge in [0, 0.05) is 17.5 Å². The molecular weight excluding hydrogens is 368 g/mol. The van der Waals surface area contributed by atoms with Gasteiger partial charge in [0.2, 0.25) is 5.91 Å². The van der Waals surface area contributed by atoms with Crippen molar-refractivity contribution in [3.63, 3.8) is 0 Å². The molecule has 0 bridgehead atoms. The molecule has 0 radical (unpaired) electrons. The van der Waals surface area contributed by atoms with E-state index < -0.39 is 23.5 Å². The first kappa shape index (κ1) is 27.4. The molecule has 0 aliphatic rings. The van der Waals surface area contributed by atoms with Crippen LogP contribution in [0.4, 0.5) is 4.79 Å². The molecule has 5 N–H and O–H groups in total. The second kappa shape index (κ2) is 12.2. The van der Waals surface area contributed by atoms with Gasteiger partial charge >= 0.3 is 6.03 Å². The predicted molar refractivity (Wildman–Crippen MR) is 119 cm³/mol. The molecule has 0 fully saturated rings. The van der Waals surface area contributed by atoms with Crippen LogP contribution in [-0.2, 0) is 9.59 Å². The van der Waals surface area contributed by atoms with Gasteiger partial charge in [-0.3, -0.25) is 9.59 Å². The first-order valence-corrected chi connectivity index (χ1v) is 11.0. The van der Waals surface area contributed by atoms with E-state index in [-0.39, 0.29) is 23.1 Å². The van der Waals surface area contributed by atoms with E-state index in [0.29, 0.717) is 32.2 Å². The minimum atomic E-state index is -0.588. The predicted octanol–water partition coefficient (Wildman–Crippen LogP) is 3.12. The van der Waals surface area contributed by atoms with E-state index in [2.05, 4.69) is 36.7 Å². The highest BCUT2D eigenvalue weighted by Crippen LogP contribution is 2.29. The van der Waals surface area contributed by atoms with Crippen LogP contribution in [0.25, 0.3) is 0 Å². The maximum absolute atomic E-state index is 13.3. The van der Waals surface area contributed by atoms with Crippen molar-refractivity contribution in [2.24, 2.45) is 17.1 Å². The molecule has 7 heteroatoms. The van der Waals surface area contributed by atoms with Crippen molar-refractivity contribution in [3.8, 4) is 0 Å². The Morgan fingerprint density at radius 3 is 1.93 bits per heavy atom. The summed E-state index contributed by atoms with van der Waals surface area (Å²) in [6.45, 7) is 16.5. The molecule has 0 saturated carbocycles. The molecule has 0 rings (SSSR count). The summed E-state index contributed by atoms with van der Waals surface area (Å²) in [7, 11) is 0. The third kappa shape index (κ3) is 9.15. The number of Topliss-reactive ketones (excluding diaryl/α,β-unsaturated/α-hetero) is 1. The zero-order valence-corrected chi connectivity index (χ0v) is 19.8. The van der Waals surface area contributed by atoms with Crippen LogP contribution in [0.2, 0.25) is 0 Å². The van der Waals surface area contributed by atoms with Gasteiger partial charge in [-0.15, -0.1) is 0 Å². The van der Waals surface area contributed by atoms with E-state index in [1.54, 1.807) is 0 Å². The Balaban J connectivity index is 5.45. The van der Waals surface area contributed by atoms with Crippen LogP contribution >= 0.6 is 0 Å². The lowest BCUT2D eigenvalue weighted by Gasteiger charge is -2.35. The topological polar surface area (TPSA) is 113 Å². The molecule has 0 aliphatic carbocycles. The lowest BCUT2D eigenvalue weighted by molar-refractivity contribution is -0.135. The summed E-state index contributed by atoms with van der Waals surface area (Å²) in [5.41, 5.74) is 4.44. The van der Waals surface area contributed by atoms with Crippen LogP contribution < -0.4 is 21.7 Å².